The highest BCUT2D eigenvalue weighted by molar-refractivity contribution is 7.91. The van der Waals surface area contributed by atoms with Gasteiger partial charge in [0.05, 0.1) is 17.3 Å². The van der Waals surface area contributed by atoms with Gasteiger partial charge in [0.1, 0.15) is 22.0 Å². The number of phenols is 2. The number of nitrogen functional groups attached to an aromatic ring is 1. The Labute approximate surface area is 198 Å². The Morgan fingerprint density at radius 1 is 0.886 bits per heavy atom. The third-order valence-corrected chi connectivity index (χ3v) is 7.51. The summed E-state index contributed by atoms with van der Waals surface area (Å²) in [6.07, 6.45) is 0. The average Bonchev–Trinajstić information content (AvgIpc) is 2.72. The maximum Gasteiger partial charge on any atom is 0.397 e. The highest BCUT2D eigenvalue weighted by Crippen LogP contribution is 2.42. The largest absolute Gasteiger partial charge is 0.506 e. The molecule has 0 heterocycles. The van der Waals surface area contributed by atoms with E-state index in [1.165, 1.54) is 18.2 Å². The smallest absolute Gasteiger partial charge is 0.397 e. The number of hydrogen-bond donors (Lipinski definition) is 5. The molecule has 0 spiro atoms. The van der Waals surface area contributed by atoms with E-state index >= 15 is 0 Å². The van der Waals surface area contributed by atoms with Gasteiger partial charge in [-0.3, -0.25) is 9.11 Å². The van der Waals surface area contributed by atoms with Crippen molar-refractivity contribution in [3.63, 3.8) is 0 Å². The van der Waals surface area contributed by atoms with E-state index in [0.29, 0.717) is 0 Å². The summed E-state index contributed by atoms with van der Waals surface area (Å²) >= 11 is 0. The number of anilines is 1. The van der Waals surface area contributed by atoms with Crippen molar-refractivity contribution in [2.75, 3.05) is 18.1 Å². The minimum absolute atomic E-state index is 0.101. The van der Waals surface area contributed by atoms with Crippen LogP contribution in [0.15, 0.2) is 62.5 Å². The van der Waals surface area contributed by atoms with Crippen LogP contribution in [0.3, 0.4) is 0 Å². The molecule has 3 rings (SSSR count). The summed E-state index contributed by atoms with van der Waals surface area (Å²) < 4.78 is 91.3. The van der Waals surface area contributed by atoms with Crippen LogP contribution in [0, 0.1) is 0 Å². The van der Waals surface area contributed by atoms with Crippen molar-refractivity contribution in [2.45, 2.75) is 9.79 Å². The Balaban J connectivity index is 2.00. The fourth-order valence-electron chi connectivity index (χ4n) is 2.90. The topological polar surface area (TPSA) is 243 Å². The fraction of sp³-hybridized carbons (Fsp3) is 0.111. The molecule has 6 N–H and O–H groups in total. The minimum atomic E-state index is -4.88. The summed E-state index contributed by atoms with van der Waals surface area (Å²) in [7, 11) is -13.9. The molecule has 0 fully saturated rings. The maximum atomic E-state index is 12.3. The van der Waals surface area contributed by atoms with Crippen molar-refractivity contribution in [3.8, 4) is 11.5 Å². The first kappa shape index (κ1) is 26.3. The summed E-state index contributed by atoms with van der Waals surface area (Å²) in [5, 5.41) is 28.3. The van der Waals surface area contributed by atoms with Crippen LogP contribution in [-0.2, 0) is 34.5 Å². The van der Waals surface area contributed by atoms with E-state index in [9.17, 15) is 40.0 Å². The molecule has 14 nitrogen and oxygen atoms in total. The van der Waals surface area contributed by atoms with E-state index in [1.54, 1.807) is 0 Å². The zero-order chi connectivity index (χ0) is 26.2. The second-order valence-corrected chi connectivity index (χ2v) is 11.5. The second-order valence-electron chi connectivity index (χ2n) is 6.95. The number of benzene rings is 3. The van der Waals surface area contributed by atoms with Crippen LogP contribution in [0.1, 0.15) is 0 Å². The first-order valence-electron chi connectivity index (χ1n) is 9.20. The van der Waals surface area contributed by atoms with E-state index in [1.807, 2.05) is 0 Å². The normalized spacial score (nSPS) is 13.0. The van der Waals surface area contributed by atoms with Crippen LogP contribution in [-0.4, -0.2) is 56.9 Å². The van der Waals surface area contributed by atoms with Gasteiger partial charge in [0.15, 0.2) is 15.6 Å². The second kappa shape index (κ2) is 9.36. The minimum Gasteiger partial charge on any atom is -0.506 e. The molecular formula is C18H17N3O11S3. The van der Waals surface area contributed by atoms with Gasteiger partial charge in [-0.05, 0) is 35.7 Å². The van der Waals surface area contributed by atoms with E-state index in [-0.39, 0.29) is 22.1 Å². The van der Waals surface area contributed by atoms with Gasteiger partial charge in [-0.25, -0.2) is 12.6 Å². The molecule has 3 aromatic carbocycles. The molecule has 0 saturated heterocycles. The molecule has 0 unspecified atom stereocenters. The predicted molar refractivity (Wildman–Crippen MR) is 122 cm³/mol. The standard InChI is InChI=1S/C18H17N3O11S3/c19-11-2-1-10-7-16(34(26,27)28)17(18(23)13(10)8-11)21-20-14-4-3-12(9-15(14)22)33(24,25)6-5-32-35(29,30)31/h1-4,7-9,22-23H,5-6,19H2,(H,26,27,28)(H,29,30,31)/b21-20+. The van der Waals surface area contributed by atoms with Crippen LogP contribution < -0.4 is 5.73 Å². The van der Waals surface area contributed by atoms with Crippen LogP contribution in [0.2, 0.25) is 0 Å². The van der Waals surface area contributed by atoms with Crippen molar-refractivity contribution in [3.05, 3.63) is 42.5 Å². The number of azo groups is 1. The van der Waals surface area contributed by atoms with Crippen LogP contribution in [0.4, 0.5) is 17.1 Å². The number of fused-ring (bicyclic) bond motifs is 1. The summed E-state index contributed by atoms with van der Waals surface area (Å²) in [5.41, 5.74) is 4.93. The molecule has 0 amide bonds. The van der Waals surface area contributed by atoms with Crippen molar-refractivity contribution in [1.82, 2.24) is 0 Å². The molecule has 0 bridgehead atoms. The molecule has 17 heteroatoms. The predicted octanol–water partition coefficient (Wildman–Crippen LogP) is 2.09. The zero-order valence-corrected chi connectivity index (χ0v) is 19.7. The molecule has 3 aromatic rings. The molecule has 0 radical (unpaired) electrons. The van der Waals surface area contributed by atoms with E-state index in [4.69, 9.17) is 10.3 Å². The maximum absolute atomic E-state index is 12.3. The Kier molecular flexibility index (Phi) is 7.02. The van der Waals surface area contributed by atoms with Gasteiger partial charge in [-0.1, -0.05) is 6.07 Å². The summed E-state index contributed by atoms with van der Waals surface area (Å²) in [6.45, 7) is -0.881. The third-order valence-electron chi connectivity index (χ3n) is 4.50. The summed E-state index contributed by atoms with van der Waals surface area (Å²) in [5.74, 6) is -2.24. The monoisotopic (exact) mass is 547 g/mol. The van der Waals surface area contributed by atoms with E-state index in [2.05, 4.69) is 14.4 Å². The quantitative estimate of drug-likeness (QED) is 0.155. The van der Waals surface area contributed by atoms with Gasteiger partial charge in [-0.15, -0.1) is 10.2 Å². The number of aromatic hydroxyl groups is 2. The number of nitrogens with two attached hydrogens (primary N) is 1. The van der Waals surface area contributed by atoms with Gasteiger partial charge >= 0.3 is 10.4 Å². The van der Waals surface area contributed by atoms with Crippen LogP contribution in [0.5, 0.6) is 11.5 Å². The lowest BCUT2D eigenvalue weighted by atomic mass is 10.1. The summed E-state index contributed by atoms with van der Waals surface area (Å²) in [6, 6.07) is 7.97. The summed E-state index contributed by atoms with van der Waals surface area (Å²) in [4.78, 5) is -1.23. The molecule has 0 atom stereocenters. The van der Waals surface area contributed by atoms with Crippen LogP contribution >= 0.6 is 0 Å². The number of rotatable bonds is 8. The van der Waals surface area contributed by atoms with Gasteiger partial charge in [0.2, 0.25) is 0 Å². The van der Waals surface area contributed by atoms with Gasteiger partial charge in [0.25, 0.3) is 10.1 Å². The van der Waals surface area contributed by atoms with Gasteiger partial charge in [0, 0.05) is 17.1 Å². The van der Waals surface area contributed by atoms with Crippen molar-refractivity contribution < 1.29 is 48.8 Å². The molecule has 0 aliphatic carbocycles. The number of hydrogen-bond acceptors (Lipinski definition) is 12. The molecule has 0 aromatic heterocycles. The molecule has 188 valence electrons. The molecule has 35 heavy (non-hydrogen) atoms. The molecule has 0 saturated carbocycles. The van der Waals surface area contributed by atoms with Crippen molar-refractivity contribution in [2.24, 2.45) is 10.2 Å². The third kappa shape index (κ3) is 6.21. The number of phenolic OH excluding ortho intramolecular Hbond substituents is 2. The van der Waals surface area contributed by atoms with Crippen molar-refractivity contribution >= 4 is 58.2 Å². The van der Waals surface area contributed by atoms with Crippen molar-refractivity contribution in [1.29, 1.82) is 0 Å². The SMILES string of the molecule is Nc1ccc2cc(S(=O)(=O)O)c(/N=N/c3ccc(S(=O)(=O)CCOS(=O)(=O)O)cc3O)c(O)c2c1. The lowest BCUT2D eigenvalue weighted by Crippen LogP contribution is -2.15. The zero-order valence-electron chi connectivity index (χ0n) is 17.3. The van der Waals surface area contributed by atoms with E-state index in [0.717, 1.165) is 24.3 Å². The van der Waals surface area contributed by atoms with Gasteiger partial charge < -0.3 is 15.9 Å². The Bertz CT molecular complexity index is 1670. The lowest BCUT2D eigenvalue weighted by Gasteiger charge is -2.09. The van der Waals surface area contributed by atoms with E-state index < -0.39 is 69.7 Å². The average molecular weight is 548 g/mol. The lowest BCUT2D eigenvalue weighted by molar-refractivity contribution is 0.284. The van der Waals surface area contributed by atoms with Gasteiger partial charge in [-0.2, -0.15) is 16.8 Å². The Morgan fingerprint density at radius 3 is 2.17 bits per heavy atom. The fourth-order valence-corrected chi connectivity index (χ4v) is 5.07. The highest BCUT2D eigenvalue weighted by atomic mass is 32.3. The first-order valence-corrected chi connectivity index (χ1v) is 13.7. The van der Waals surface area contributed by atoms with Crippen LogP contribution in [0.25, 0.3) is 10.8 Å². The Hall–Kier alpha value is -3.35. The molecule has 0 aliphatic heterocycles. The number of sulfone groups is 1. The molecular weight excluding hydrogens is 530 g/mol. The number of nitrogens with zero attached hydrogens (tertiary/aromatic N) is 2. The first-order chi connectivity index (χ1) is 16.1. The molecule has 0 aliphatic rings. The Morgan fingerprint density at radius 2 is 1.57 bits per heavy atom. The highest BCUT2D eigenvalue weighted by Gasteiger charge is 2.23.